The van der Waals surface area contributed by atoms with Crippen molar-refractivity contribution in [1.29, 1.82) is 0 Å². The van der Waals surface area contributed by atoms with E-state index in [4.69, 9.17) is 15.6 Å². The SMILES string of the molecule is Nc1ccc(-c2ccc3c(c2)CN(C(=O)O)CCO3)cn1. The lowest BCUT2D eigenvalue weighted by atomic mass is 10.0. The Labute approximate surface area is 121 Å². The monoisotopic (exact) mass is 285 g/mol. The van der Waals surface area contributed by atoms with E-state index in [1.807, 2.05) is 24.3 Å². The summed E-state index contributed by atoms with van der Waals surface area (Å²) in [6, 6.07) is 9.36. The van der Waals surface area contributed by atoms with E-state index in [1.54, 1.807) is 12.3 Å². The Kier molecular flexibility index (Phi) is 3.35. The Bertz CT molecular complexity index is 670. The summed E-state index contributed by atoms with van der Waals surface area (Å²) >= 11 is 0. The maximum absolute atomic E-state index is 11.2. The quantitative estimate of drug-likeness (QED) is 0.838. The molecule has 0 atom stereocenters. The summed E-state index contributed by atoms with van der Waals surface area (Å²) in [4.78, 5) is 16.6. The first-order valence-electron chi connectivity index (χ1n) is 6.59. The lowest BCUT2D eigenvalue weighted by Gasteiger charge is -2.15. The number of fused-ring (bicyclic) bond motifs is 1. The third kappa shape index (κ3) is 2.74. The predicted molar refractivity (Wildman–Crippen MR) is 78.0 cm³/mol. The van der Waals surface area contributed by atoms with Gasteiger partial charge in [-0.05, 0) is 29.8 Å². The van der Waals surface area contributed by atoms with Gasteiger partial charge in [0.25, 0.3) is 0 Å². The fraction of sp³-hybridized carbons (Fsp3) is 0.200. The lowest BCUT2D eigenvalue weighted by molar-refractivity contribution is 0.138. The number of nitrogens with two attached hydrogens (primary N) is 1. The van der Waals surface area contributed by atoms with Crippen LogP contribution in [0, 0.1) is 0 Å². The predicted octanol–water partition coefficient (Wildman–Crippen LogP) is 2.20. The van der Waals surface area contributed by atoms with E-state index in [0.29, 0.717) is 25.5 Å². The summed E-state index contributed by atoms with van der Waals surface area (Å²) in [6.45, 7) is 1.05. The van der Waals surface area contributed by atoms with E-state index >= 15 is 0 Å². The number of benzene rings is 1. The fourth-order valence-corrected chi connectivity index (χ4v) is 2.31. The number of nitrogens with zero attached hydrogens (tertiary/aromatic N) is 2. The normalized spacial score (nSPS) is 14.0. The Morgan fingerprint density at radius 1 is 1.29 bits per heavy atom. The van der Waals surface area contributed by atoms with Crippen LogP contribution < -0.4 is 10.5 Å². The molecular formula is C15H15N3O3. The molecule has 2 aromatic rings. The minimum absolute atomic E-state index is 0.320. The molecule has 1 aromatic carbocycles. The van der Waals surface area contributed by atoms with Gasteiger partial charge < -0.3 is 20.5 Å². The summed E-state index contributed by atoms with van der Waals surface area (Å²) in [5.41, 5.74) is 8.32. The van der Waals surface area contributed by atoms with Gasteiger partial charge in [-0.1, -0.05) is 6.07 Å². The van der Waals surface area contributed by atoms with E-state index in [9.17, 15) is 4.79 Å². The maximum Gasteiger partial charge on any atom is 0.407 e. The van der Waals surface area contributed by atoms with Crippen molar-refractivity contribution >= 4 is 11.9 Å². The van der Waals surface area contributed by atoms with Crippen LogP contribution in [-0.2, 0) is 6.54 Å². The highest BCUT2D eigenvalue weighted by Crippen LogP contribution is 2.29. The molecule has 6 nitrogen and oxygen atoms in total. The minimum atomic E-state index is -0.939. The number of amides is 1. The molecule has 108 valence electrons. The molecule has 1 aliphatic heterocycles. The summed E-state index contributed by atoms with van der Waals surface area (Å²) < 4.78 is 5.60. The van der Waals surface area contributed by atoms with Gasteiger partial charge in [-0.25, -0.2) is 9.78 Å². The fourth-order valence-electron chi connectivity index (χ4n) is 2.31. The number of hydrogen-bond donors (Lipinski definition) is 2. The van der Waals surface area contributed by atoms with Gasteiger partial charge in [0.2, 0.25) is 0 Å². The molecule has 2 heterocycles. The Morgan fingerprint density at radius 3 is 2.81 bits per heavy atom. The first-order valence-corrected chi connectivity index (χ1v) is 6.59. The molecule has 0 unspecified atom stereocenters. The van der Waals surface area contributed by atoms with E-state index in [2.05, 4.69) is 4.98 Å². The average Bonchev–Trinajstić information content (AvgIpc) is 2.69. The number of carbonyl (C=O) groups is 1. The molecule has 0 spiro atoms. The second-order valence-corrected chi connectivity index (χ2v) is 4.85. The van der Waals surface area contributed by atoms with Crippen LogP contribution in [0.4, 0.5) is 10.6 Å². The Hall–Kier alpha value is -2.76. The number of ether oxygens (including phenoxy) is 1. The molecule has 3 N–H and O–H groups in total. The molecule has 0 saturated carbocycles. The number of carboxylic acid groups (broad SMARTS) is 1. The van der Waals surface area contributed by atoms with Gasteiger partial charge in [-0.3, -0.25) is 0 Å². The highest BCUT2D eigenvalue weighted by molar-refractivity contribution is 5.68. The molecule has 1 aromatic heterocycles. The second-order valence-electron chi connectivity index (χ2n) is 4.85. The Morgan fingerprint density at radius 2 is 2.10 bits per heavy atom. The number of nitrogen functional groups attached to an aromatic ring is 1. The van der Waals surface area contributed by atoms with Gasteiger partial charge in [0.15, 0.2) is 0 Å². The summed E-state index contributed by atoms with van der Waals surface area (Å²) in [7, 11) is 0. The highest BCUT2D eigenvalue weighted by atomic mass is 16.5. The average molecular weight is 285 g/mol. The van der Waals surface area contributed by atoms with Crippen molar-refractivity contribution in [2.24, 2.45) is 0 Å². The maximum atomic E-state index is 11.2. The van der Waals surface area contributed by atoms with Crippen molar-refractivity contribution in [1.82, 2.24) is 9.88 Å². The van der Waals surface area contributed by atoms with Crippen molar-refractivity contribution in [3.63, 3.8) is 0 Å². The van der Waals surface area contributed by atoms with E-state index in [0.717, 1.165) is 22.4 Å². The molecule has 0 fully saturated rings. The number of hydrogen-bond acceptors (Lipinski definition) is 4. The molecule has 1 amide bonds. The smallest absolute Gasteiger partial charge is 0.407 e. The van der Waals surface area contributed by atoms with Crippen LogP contribution in [0.25, 0.3) is 11.1 Å². The molecular weight excluding hydrogens is 270 g/mol. The van der Waals surface area contributed by atoms with E-state index in [-0.39, 0.29) is 0 Å². The van der Waals surface area contributed by atoms with Gasteiger partial charge >= 0.3 is 6.09 Å². The first kappa shape index (κ1) is 13.2. The number of aromatic nitrogens is 1. The van der Waals surface area contributed by atoms with E-state index < -0.39 is 6.09 Å². The largest absolute Gasteiger partial charge is 0.491 e. The highest BCUT2D eigenvalue weighted by Gasteiger charge is 2.19. The van der Waals surface area contributed by atoms with Crippen molar-refractivity contribution in [3.8, 4) is 16.9 Å². The van der Waals surface area contributed by atoms with Crippen LogP contribution in [0.5, 0.6) is 5.75 Å². The molecule has 1 aliphatic rings. The zero-order valence-electron chi connectivity index (χ0n) is 11.3. The molecule has 0 bridgehead atoms. The second kappa shape index (κ2) is 5.32. The van der Waals surface area contributed by atoms with Gasteiger partial charge in [-0.15, -0.1) is 0 Å². The number of rotatable bonds is 1. The summed E-state index contributed by atoms with van der Waals surface area (Å²) in [5, 5.41) is 9.15. The molecule has 0 radical (unpaired) electrons. The van der Waals surface area contributed by atoms with Crippen LogP contribution in [0.15, 0.2) is 36.5 Å². The van der Waals surface area contributed by atoms with Gasteiger partial charge in [0, 0.05) is 17.3 Å². The van der Waals surface area contributed by atoms with Crippen LogP contribution in [0.2, 0.25) is 0 Å². The van der Waals surface area contributed by atoms with Crippen molar-refractivity contribution in [3.05, 3.63) is 42.1 Å². The Balaban J connectivity index is 1.96. The van der Waals surface area contributed by atoms with Crippen LogP contribution in [-0.4, -0.2) is 34.2 Å². The summed E-state index contributed by atoms with van der Waals surface area (Å²) in [5.74, 6) is 1.19. The minimum Gasteiger partial charge on any atom is -0.491 e. The number of anilines is 1. The standard InChI is InChI=1S/C15H15N3O3/c16-14-4-2-11(8-17-14)10-1-3-13-12(7-10)9-18(15(19)20)5-6-21-13/h1-4,7-8H,5-6,9H2,(H2,16,17)(H,19,20). The summed E-state index contributed by atoms with van der Waals surface area (Å²) in [6.07, 6.45) is 0.759. The zero-order chi connectivity index (χ0) is 14.8. The topological polar surface area (TPSA) is 88.7 Å². The lowest BCUT2D eigenvalue weighted by Crippen LogP contribution is -2.30. The molecule has 3 rings (SSSR count). The molecule has 0 saturated heterocycles. The zero-order valence-corrected chi connectivity index (χ0v) is 11.3. The van der Waals surface area contributed by atoms with Crippen LogP contribution in [0.3, 0.4) is 0 Å². The van der Waals surface area contributed by atoms with Crippen LogP contribution >= 0.6 is 0 Å². The van der Waals surface area contributed by atoms with Gasteiger partial charge in [-0.2, -0.15) is 0 Å². The third-order valence-corrected chi connectivity index (χ3v) is 3.43. The van der Waals surface area contributed by atoms with Gasteiger partial charge in [0.05, 0.1) is 13.1 Å². The van der Waals surface area contributed by atoms with E-state index in [1.165, 1.54) is 4.90 Å². The number of pyridine rings is 1. The molecule has 0 aliphatic carbocycles. The van der Waals surface area contributed by atoms with Crippen molar-refractivity contribution < 1.29 is 14.6 Å². The van der Waals surface area contributed by atoms with Crippen LogP contribution in [0.1, 0.15) is 5.56 Å². The third-order valence-electron chi connectivity index (χ3n) is 3.43. The van der Waals surface area contributed by atoms with Crippen molar-refractivity contribution in [2.75, 3.05) is 18.9 Å². The molecule has 21 heavy (non-hydrogen) atoms. The van der Waals surface area contributed by atoms with Gasteiger partial charge in [0.1, 0.15) is 18.2 Å². The molecule has 6 heteroatoms. The first-order chi connectivity index (χ1) is 10.1. The van der Waals surface area contributed by atoms with Crippen molar-refractivity contribution in [2.45, 2.75) is 6.54 Å².